The van der Waals surface area contributed by atoms with Gasteiger partial charge in [0.15, 0.2) is 0 Å². The molecule has 3 aromatic rings. The van der Waals surface area contributed by atoms with Crippen molar-refractivity contribution in [3.05, 3.63) is 100 Å². The predicted molar refractivity (Wildman–Crippen MR) is 117 cm³/mol. The van der Waals surface area contributed by atoms with Crippen LogP contribution in [0, 0.1) is 10.1 Å². The van der Waals surface area contributed by atoms with E-state index in [0.29, 0.717) is 37.3 Å². The summed E-state index contributed by atoms with van der Waals surface area (Å²) in [6, 6.07) is 23.1. The molecule has 156 valence electrons. The van der Waals surface area contributed by atoms with E-state index in [2.05, 4.69) is 0 Å². The average Bonchev–Trinajstić information content (AvgIpc) is 2.84. The molecule has 0 atom stereocenters. The lowest BCUT2D eigenvalue weighted by Gasteiger charge is -2.35. The van der Waals surface area contributed by atoms with E-state index in [1.54, 1.807) is 9.80 Å². The number of hydrogen-bond donors (Lipinski definition) is 0. The van der Waals surface area contributed by atoms with Crippen LogP contribution in [0.1, 0.15) is 20.7 Å². The Morgan fingerprint density at radius 2 is 1.06 bits per heavy atom. The molecule has 1 aliphatic heterocycles. The van der Waals surface area contributed by atoms with Crippen LogP contribution in [-0.4, -0.2) is 52.7 Å². The van der Waals surface area contributed by atoms with Crippen molar-refractivity contribution in [3.8, 4) is 11.1 Å². The number of hydrogen-bond acceptors (Lipinski definition) is 4. The summed E-state index contributed by atoms with van der Waals surface area (Å²) < 4.78 is 0. The van der Waals surface area contributed by atoms with Gasteiger partial charge in [0.25, 0.3) is 17.5 Å². The largest absolute Gasteiger partial charge is 0.335 e. The van der Waals surface area contributed by atoms with Crippen molar-refractivity contribution in [1.82, 2.24) is 9.80 Å². The van der Waals surface area contributed by atoms with Crippen LogP contribution in [0.5, 0.6) is 0 Å². The number of carbonyl (C=O) groups excluding carboxylic acids is 2. The molecule has 0 saturated carbocycles. The van der Waals surface area contributed by atoms with Gasteiger partial charge in [-0.3, -0.25) is 19.7 Å². The monoisotopic (exact) mass is 415 g/mol. The van der Waals surface area contributed by atoms with E-state index in [-0.39, 0.29) is 17.5 Å². The van der Waals surface area contributed by atoms with Crippen molar-refractivity contribution < 1.29 is 14.5 Å². The number of carbonyl (C=O) groups is 2. The Morgan fingerprint density at radius 3 is 1.52 bits per heavy atom. The van der Waals surface area contributed by atoms with E-state index >= 15 is 0 Å². The fraction of sp³-hybridized carbons (Fsp3) is 0.167. The Bertz CT molecular complexity index is 1090. The summed E-state index contributed by atoms with van der Waals surface area (Å²) in [5.41, 5.74) is 3.12. The fourth-order valence-electron chi connectivity index (χ4n) is 3.64. The van der Waals surface area contributed by atoms with Crippen molar-refractivity contribution in [3.63, 3.8) is 0 Å². The third-order valence-corrected chi connectivity index (χ3v) is 5.42. The van der Waals surface area contributed by atoms with Gasteiger partial charge >= 0.3 is 0 Å². The van der Waals surface area contributed by atoms with Gasteiger partial charge < -0.3 is 9.80 Å². The summed E-state index contributed by atoms with van der Waals surface area (Å²) in [5, 5.41) is 10.8. The fourth-order valence-corrected chi connectivity index (χ4v) is 3.64. The number of non-ortho nitro benzene ring substituents is 1. The van der Waals surface area contributed by atoms with Gasteiger partial charge in [-0.05, 0) is 35.4 Å². The number of piperazine rings is 1. The smallest absolute Gasteiger partial charge is 0.269 e. The quantitative estimate of drug-likeness (QED) is 0.478. The molecule has 31 heavy (non-hydrogen) atoms. The van der Waals surface area contributed by atoms with Crippen LogP contribution in [0.4, 0.5) is 5.69 Å². The lowest BCUT2D eigenvalue weighted by atomic mass is 10.0. The molecular formula is C24H21N3O4. The molecule has 1 heterocycles. The maximum absolute atomic E-state index is 12.9. The highest BCUT2D eigenvalue weighted by atomic mass is 16.6. The molecule has 0 spiro atoms. The summed E-state index contributed by atoms with van der Waals surface area (Å²) in [6.45, 7) is 1.73. The minimum atomic E-state index is -0.495. The van der Waals surface area contributed by atoms with Gasteiger partial charge in [0.2, 0.25) is 0 Å². The van der Waals surface area contributed by atoms with Crippen LogP contribution in [0.15, 0.2) is 78.9 Å². The third-order valence-electron chi connectivity index (χ3n) is 5.42. The minimum Gasteiger partial charge on any atom is -0.335 e. The predicted octanol–water partition coefficient (Wildman–Crippen LogP) is 3.86. The van der Waals surface area contributed by atoms with Gasteiger partial charge in [-0.25, -0.2) is 0 Å². The first-order chi connectivity index (χ1) is 15.0. The first kappa shape index (κ1) is 20.3. The molecule has 7 heteroatoms. The molecule has 0 unspecified atom stereocenters. The molecular weight excluding hydrogens is 394 g/mol. The molecule has 0 aliphatic carbocycles. The number of nitro groups is 1. The summed E-state index contributed by atoms with van der Waals surface area (Å²) in [6.07, 6.45) is 0. The lowest BCUT2D eigenvalue weighted by Crippen LogP contribution is -2.50. The van der Waals surface area contributed by atoms with E-state index in [1.165, 1.54) is 24.3 Å². The Hall–Kier alpha value is -4.00. The second-order valence-corrected chi connectivity index (χ2v) is 7.33. The van der Waals surface area contributed by atoms with E-state index < -0.39 is 4.92 Å². The normalized spacial score (nSPS) is 13.7. The second kappa shape index (κ2) is 8.79. The highest BCUT2D eigenvalue weighted by Crippen LogP contribution is 2.20. The van der Waals surface area contributed by atoms with Crippen molar-refractivity contribution in [1.29, 1.82) is 0 Å². The van der Waals surface area contributed by atoms with Crippen LogP contribution in [0.25, 0.3) is 11.1 Å². The van der Waals surface area contributed by atoms with Gasteiger partial charge in [-0.1, -0.05) is 42.5 Å². The maximum atomic E-state index is 12.9. The molecule has 1 aliphatic rings. The van der Waals surface area contributed by atoms with Gasteiger partial charge in [0.05, 0.1) is 4.92 Å². The SMILES string of the molecule is O=C(c1ccc(-c2ccccc2)cc1)N1CCN(C(=O)c2ccc([N+](=O)[O-])cc2)CC1. The van der Waals surface area contributed by atoms with Crippen molar-refractivity contribution in [2.45, 2.75) is 0 Å². The number of nitro benzene ring substituents is 1. The van der Waals surface area contributed by atoms with Gasteiger partial charge in [0, 0.05) is 49.4 Å². The number of benzene rings is 3. The zero-order chi connectivity index (χ0) is 21.8. The summed E-state index contributed by atoms with van der Waals surface area (Å²) in [4.78, 5) is 39.2. The van der Waals surface area contributed by atoms with Crippen LogP contribution >= 0.6 is 0 Å². The molecule has 0 N–H and O–H groups in total. The lowest BCUT2D eigenvalue weighted by molar-refractivity contribution is -0.384. The molecule has 7 nitrogen and oxygen atoms in total. The second-order valence-electron chi connectivity index (χ2n) is 7.33. The Kier molecular flexibility index (Phi) is 5.75. The molecule has 0 bridgehead atoms. The van der Waals surface area contributed by atoms with Crippen molar-refractivity contribution in [2.75, 3.05) is 26.2 Å². The van der Waals surface area contributed by atoms with Crippen LogP contribution in [0.3, 0.4) is 0 Å². The minimum absolute atomic E-state index is 0.0507. The molecule has 4 rings (SSSR count). The first-order valence-electron chi connectivity index (χ1n) is 10.0. The first-order valence-corrected chi connectivity index (χ1v) is 10.0. The molecule has 0 aromatic heterocycles. The standard InChI is InChI=1S/C24H21N3O4/c28-23(20-8-6-19(7-9-20)18-4-2-1-3-5-18)25-14-16-26(17-15-25)24(29)21-10-12-22(13-11-21)27(30)31/h1-13H,14-17H2. The van der Waals surface area contributed by atoms with Crippen molar-refractivity contribution in [2.24, 2.45) is 0 Å². The molecule has 0 radical (unpaired) electrons. The van der Waals surface area contributed by atoms with E-state index in [9.17, 15) is 19.7 Å². The van der Waals surface area contributed by atoms with E-state index in [0.717, 1.165) is 11.1 Å². The number of rotatable bonds is 4. The van der Waals surface area contributed by atoms with Gasteiger partial charge in [-0.2, -0.15) is 0 Å². The molecule has 3 aromatic carbocycles. The van der Waals surface area contributed by atoms with Gasteiger partial charge in [-0.15, -0.1) is 0 Å². The Labute approximate surface area is 179 Å². The summed E-state index contributed by atoms with van der Waals surface area (Å²) in [7, 11) is 0. The number of amides is 2. The molecule has 1 saturated heterocycles. The van der Waals surface area contributed by atoms with Gasteiger partial charge in [0.1, 0.15) is 0 Å². The van der Waals surface area contributed by atoms with Crippen molar-refractivity contribution >= 4 is 17.5 Å². The Balaban J connectivity index is 1.36. The topological polar surface area (TPSA) is 83.8 Å². The zero-order valence-corrected chi connectivity index (χ0v) is 16.8. The third kappa shape index (κ3) is 4.45. The highest BCUT2D eigenvalue weighted by Gasteiger charge is 2.25. The molecule has 2 amide bonds. The average molecular weight is 415 g/mol. The summed E-state index contributed by atoms with van der Waals surface area (Å²) >= 11 is 0. The van der Waals surface area contributed by atoms with E-state index in [1.807, 2.05) is 54.6 Å². The highest BCUT2D eigenvalue weighted by molar-refractivity contribution is 5.96. The van der Waals surface area contributed by atoms with E-state index in [4.69, 9.17) is 0 Å². The zero-order valence-electron chi connectivity index (χ0n) is 16.8. The van der Waals surface area contributed by atoms with Crippen LogP contribution < -0.4 is 0 Å². The number of nitrogens with zero attached hydrogens (tertiary/aromatic N) is 3. The maximum Gasteiger partial charge on any atom is 0.269 e. The summed E-state index contributed by atoms with van der Waals surface area (Å²) in [5.74, 6) is -0.240. The van der Waals surface area contributed by atoms with Crippen LogP contribution in [-0.2, 0) is 0 Å². The Morgan fingerprint density at radius 1 is 0.645 bits per heavy atom. The van der Waals surface area contributed by atoms with Crippen LogP contribution in [0.2, 0.25) is 0 Å². The molecule has 1 fully saturated rings.